The van der Waals surface area contributed by atoms with E-state index in [0.717, 1.165) is 22.7 Å². The van der Waals surface area contributed by atoms with Gasteiger partial charge in [0.25, 0.3) is 0 Å². The predicted molar refractivity (Wildman–Crippen MR) is 81.2 cm³/mol. The number of aromatic nitrogens is 1. The number of rotatable bonds is 6. The van der Waals surface area contributed by atoms with E-state index in [2.05, 4.69) is 15.0 Å². The van der Waals surface area contributed by atoms with Gasteiger partial charge in [0, 0.05) is 11.9 Å². The minimum Gasteiger partial charge on any atom is -0.469 e. The van der Waals surface area contributed by atoms with Crippen molar-refractivity contribution >= 4 is 22.4 Å². The first-order chi connectivity index (χ1) is 10.1. The SMILES string of the molecule is COC(=O)Cc1csc(NCCc2ccc(F)cc2C)n1. The van der Waals surface area contributed by atoms with Crippen molar-refractivity contribution in [1.29, 1.82) is 0 Å². The topological polar surface area (TPSA) is 51.2 Å². The van der Waals surface area contributed by atoms with E-state index < -0.39 is 0 Å². The molecule has 0 bridgehead atoms. The first-order valence-electron chi connectivity index (χ1n) is 6.58. The van der Waals surface area contributed by atoms with Gasteiger partial charge in [0.15, 0.2) is 5.13 Å². The molecule has 0 saturated heterocycles. The first kappa shape index (κ1) is 15.4. The van der Waals surface area contributed by atoms with E-state index in [9.17, 15) is 9.18 Å². The average molecular weight is 308 g/mol. The first-order valence-corrected chi connectivity index (χ1v) is 7.46. The maximum absolute atomic E-state index is 13.0. The summed E-state index contributed by atoms with van der Waals surface area (Å²) < 4.78 is 17.6. The normalized spacial score (nSPS) is 10.4. The molecule has 0 aliphatic heterocycles. The zero-order valence-electron chi connectivity index (χ0n) is 12.0. The number of anilines is 1. The third-order valence-electron chi connectivity index (χ3n) is 3.08. The minimum absolute atomic E-state index is 0.186. The quantitative estimate of drug-likeness (QED) is 0.834. The van der Waals surface area contributed by atoms with Gasteiger partial charge >= 0.3 is 5.97 Å². The number of thiazole rings is 1. The summed E-state index contributed by atoms with van der Waals surface area (Å²) in [5, 5.41) is 5.82. The largest absolute Gasteiger partial charge is 0.469 e. The van der Waals surface area contributed by atoms with Crippen molar-refractivity contribution in [3.8, 4) is 0 Å². The molecule has 1 aromatic heterocycles. The maximum atomic E-state index is 13.0. The molecule has 1 N–H and O–H groups in total. The molecule has 2 rings (SSSR count). The summed E-state index contributed by atoms with van der Waals surface area (Å²) in [5.41, 5.74) is 2.75. The maximum Gasteiger partial charge on any atom is 0.311 e. The molecule has 0 saturated carbocycles. The van der Waals surface area contributed by atoms with Crippen LogP contribution in [0.1, 0.15) is 16.8 Å². The second-order valence-electron chi connectivity index (χ2n) is 4.64. The van der Waals surface area contributed by atoms with Crippen molar-refractivity contribution in [2.45, 2.75) is 19.8 Å². The number of esters is 1. The number of methoxy groups -OCH3 is 1. The summed E-state index contributed by atoms with van der Waals surface area (Å²) in [6.45, 7) is 2.61. The number of carbonyl (C=O) groups is 1. The molecule has 2 aromatic rings. The van der Waals surface area contributed by atoms with Crippen LogP contribution in [0.25, 0.3) is 0 Å². The minimum atomic E-state index is -0.297. The Morgan fingerprint density at radius 2 is 2.29 bits per heavy atom. The Morgan fingerprint density at radius 1 is 1.48 bits per heavy atom. The molecule has 0 spiro atoms. The Hall–Kier alpha value is -1.95. The molecule has 112 valence electrons. The summed E-state index contributed by atoms with van der Waals surface area (Å²) in [6, 6.07) is 4.81. The number of aryl methyl sites for hydroxylation is 1. The van der Waals surface area contributed by atoms with Crippen LogP contribution in [0.2, 0.25) is 0 Å². The van der Waals surface area contributed by atoms with Gasteiger partial charge in [-0.05, 0) is 36.6 Å². The number of benzene rings is 1. The highest BCUT2D eigenvalue weighted by Crippen LogP contribution is 2.17. The number of ether oxygens (including phenoxy) is 1. The van der Waals surface area contributed by atoms with E-state index in [1.54, 1.807) is 6.07 Å². The van der Waals surface area contributed by atoms with E-state index in [1.165, 1.54) is 30.6 Å². The summed E-state index contributed by atoms with van der Waals surface area (Å²) >= 11 is 1.45. The molecule has 6 heteroatoms. The number of nitrogens with one attached hydrogen (secondary N) is 1. The molecule has 0 radical (unpaired) electrons. The van der Waals surface area contributed by atoms with Gasteiger partial charge in [0.1, 0.15) is 5.82 Å². The molecule has 21 heavy (non-hydrogen) atoms. The Kier molecular flexibility index (Phi) is 5.27. The lowest BCUT2D eigenvalue weighted by molar-refractivity contribution is -0.139. The monoisotopic (exact) mass is 308 g/mol. The van der Waals surface area contributed by atoms with Gasteiger partial charge in [-0.1, -0.05) is 6.07 Å². The number of nitrogens with zero attached hydrogens (tertiary/aromatic N) is 1. The third-order valence-corrected chi connectivity index (χ3v) is 3.93. The number of hydrogen-bond acceptors (Lipinski definition) is 5. The van der Waals surface area contributed by atoms with Crippen LogP contribution in [0, 0.1) is 12.7 Å². The van der Waals surface area contributed by atoms with Crippen molar-refractivity contribution in [1.82, 2.24) is 4.98 Å². The fourth-order valence-corrected chi connectivity index (χ4v) is 2.67. The van der Waals surface area contributed by atoms with Crippen molar-refractivity contribution in [2.24, 2.45) is 0 Å². The molecular weight excluding hydrogens is 291 g/mol. The van der Waals surface area contributed by atoms with E-state index in [4.69, 9.17) is 0 Å². The van der Waals surface area contributed by atoms with E-state index in [-0.39, 0.29) is 18.2 Å². The highest BCUT2D eigenvalue weighted by atomic mass is 32.1. The van der Waals surface area contributed by atoms with Crippen molar-refractivity contribution in [2.75, 3.05) is 19.0 Å². The van der Waals surface area contributed by atoms with Crippen molar-refractivity contribution < 1.29 is 13.9 Å². The lowest BCUT2D eigenvalue weighted by Crippen LogP contribution is -2.07. The Balaban J connectivity index is 1.84. The fraction of sp³-hybridized carbons (Fsp3) is 0.333. The molecule has 0 amide bonds. The van der Waals surface area contributed by atoms with Crippen LogP contribution in [0.5, 0.6) is 0 Å². The zero-order chi connectivity index (χ0) is 15.2. The molecule has 0 aliphatic rings. The standard InChI is InChI=1S/C15H17FN2O2S/c1-10-7-12(16)4-3-11(10)5-6-17-15-18-13(9-21-15)8-14(19)20-2/h3-4,7,9H,5-6,8H2,1-2H3,(H,17,18). The van der Waals surface area contributed by atoms with Crippen LogP contribution < -0.4 is 5.32 Å². The summed E-state index contributed by atoms with van der Waals surface area (Å²) in [6.07, 6.45) is 0.976. The highest BCUT2D eigenvalue weighted by molar-refractivity contribution is 7.13. The van der Waals surface area contributed by atoms with Gasteiger partial charge in [0.05, 0.1) is 19.2 Å². The number of hydrogen-bond donors (Lipinski definition) is 1. The van der Waals surface area contributed by atoms with Crippen molar-refractivity contribution in [3.63, 3.8) is 0 Å². The van der Waals surface area contributed by atoms with Crippen LogP contribution in [0.4, 0.5) is 9.52 Å². The molecule has 0 fully saturated rings. The molecule has 1 heterocycles. The summed E-state index contributed by atoms with van der Waals surface area (Å²) in [7, 11) is 1.36. The fourth-order valence-electron chi connectivity index (χ4n) is 1.93. The Bertz CT molecular complexity index is 628. The second-order valence-corrected chi connectivity index (χ2v) is 5.50. The Morgan fingerprint density at radius 3 is 3.00 bits per heavy atom. The molecule has 0 unspecified atom stereocenters. The van der Waals surface area contributed by atoms with E-state index >= 15 is 0 Å². The lowest BCUT2D eigenvalue weighted by atomic mass is 10.1. The Labute approximate surface area is 127 Å². The zero-order valence-corrected chi connectivity index (χ0v) is 12.8. The highest BCUT2D eigenvalue weighted by Gasteiger charge is 2.07. The van der Waals surface area contributed by atoms with Crippen LogP contribution in [-0.4, -0.2) is 24.6 Å². The van der Waals surface area contributed by atoms with Gasteiger partial charge in [0.2, 0.25) is 0 Å². The van der Waals surface area contributed by atoms with Gasteiger partial charge in [-0.2, -0.15) is 0 Å². The van der Waals surface area contributed by atoms with E-state index in [1.807, 2.05) is 12.3 Å². The molecule has 0 aliphatic carbocycles. The summed E-state index contributed by atoms with van der Waals surface area (Å²) in [5.74, 6) is -0.509. The van der Waals surface area contributed by atoms with Crippen LogP contribution >= 0.6 is 11.3 Å². The molecule has 1 aromatic carbocycles. The molecule has 4 nitrogen and oxygen atoms in total. The summed E-state index contributed by atoms with van der Waals surface area (Å²) in [4.78, 5) is 15.5. The van der Waals surface area contributed by atoms with Gasteiger partial charge in [-0.15, -0.1) is 11.3 Å². The third kappa shape index (κ3) is 4.53. The number of carbonyl (C=O) groups excluding carboxylic acids is 1. The lowest BCUT2D eigenvalue weighted by Gasteiger charge is -2.06. The van der Waals surface area contributed by atoms with Crippen LogP contribution in [0.3, 0.4) is 0 Å². The van der Waals surface area contributed by atoms with Gasteiger partial charge < -0.3 is 10.1 Å². The number of halogens is 1. The average Bonchev–Trinajstić information content (AvgIpc) is 2.88. The van der Waals surface area contributed by atoms with Crippen LogP contribution in [0.15, 0.2) is 23.6 Å². The molecular formula is C15H17FN2O2S. The second kappa shape index (κ2) is 7.17. The smallest absolute Gasteiger partial charge is 0.311 e. The van der Waals surface area contributed by atoms with Crippen LogP contribution in [-0.2, 0) is 22.4 Å². The van der Waals surface area contributed by atoms with E-state index in [0.29, 0.717) is 12.2 Å². The van der Waals surface area contributed by atoms with Gasteiger partial charge in [-0.25, -0.2) is 9.37 Å². The molecule has 0 atom stereocenters. The predicted octanol–water partition coefficient (Wildman–Crippen LogP) is 2.96. The van der Waals surface area contributed by atoms with Crippen molar-refractivity contribution in [3.05, 3.63) is 46.2 Å². The van der Waals surface area contributed by atoms with Gasteiger partial charge in [-0.3, -0.25) is 4.79 Å².